The number of hydrogen-bond donors (Lipinski definition) is 2. The molecule has 0 aliphatic rings. The first-order chi connectivity index (χ1) is 13.0. The van der Waals surface area contributed by atoms with Crippen LogP contribution in [0.15, 0.2) is 48.5 Å². The van der Waals surface area contributed by atoms with E-state index in [-0.39, 0.29) is 12.5 Å². The van der Waals surface area contributed by atoms with Gasteiger partial charge in [0, 0.05) is 18.8 Å². The summed E-state index contributed by atoms with van der Waals surface area (Å²) in [7, 11) is 0. The van der Waals surface area contributed by atoms with E-state index in [1.807, 2.05) is 44.2 Å². The molecule has 0 heterocycles. The van der Waals surface area contributed by atoms with Crippen molar-refractivity contribution in [2.45, 2.75) is 26.8 Å². The van der Waals surface area contributed by atoms with Gasteiger partial charge in [-0.3, -0.25) is 4.79 Å². The molecule has 6 heteroatoms. The van der Waals surface area contributed by atoms with Crippen molar-refractivity contribution in [3.05, 3.63) is 65.2 Å². The van der Waals surface area contributed by atoms with Crippen LogP contribution in [-0.4, -0.2) is 29.9 Å². The fourth-order valence-corrected chi connectivity index (χ4v) is 2.63. The summed E-state index contributed by atoms with van der Waals surface area (Å²) in [4.78, 5) is 26.2. The van der Waals surface area contributed by atoms with Gasteiger partial charge in [0.25, 0.3) is 0 Å². The molecular formula is C21H24N4O2. The zero-order valence-electron chi connectivity index (χ0n) is 15.7. The van der Waals surface area contributed by atoms with Crippen molar-refractivity contribution in [2.75, 3.05) is 18.4 Å². The normalized spacial score (nSPS) is 9.96. The second kappa shape index (κ2) is 9.97. The van der Waals surface area contributed by atoms with Crippen LogP contribution in [0, 0.1) is 18.3 Å². The molecule has 0 aliphatic carbocycles. The van der Waals surface area contributed by atoms with Crippen molar-refractivity contribution in [1.82, 2.24) is 10.2 Å². The molecule has 3 amide bonds. The number of benzene rings is 2. The number of hydrogen-bond acceptors (Lipinski definition) is 3. The fourth-order valence-electron chi connectivity index (χ4n) is 2.63. The Morgan fingerprint density at radius 3 is 2.52 bits per heavy atom. The van der Waals surface area contributed by atoms with Crippen LogP contribution in [-0.2, 0) is 11.3 Å². The Bertz CT molecular complexity index is 825. The third kappa shape index (κ3) is 6.48. The SMILES string of the molecule is CCCN(Cc1ccc(C#N)cc1)C(=O)CNC(=O)Nc1cccc(C)c1. The molecular weight excluding hydrogens is 340 g/mol. The van der Waals surface area contributed by atoms with Crippen LogP contribution in [0.3, 0.4) is 0 Å². The number of nitriles is 1. The number of rotatable bonds is 7. The van der Waals surface area contributed by atoms with Crippen molar-refractivity contribution in [1.29, 1.82) is 5.26 Å². The number of nitrogens with one attached hydrogen (secondary N) is 2. The fraction of sp³-hybridized carbons (Fsp3) is 0.286. The number of aryl methyl sites for hydroxylation is 1. The van der Waals surface area contributed by atoms with Gasteiger partial charge in [0.1, 0.15) is 0 Å². The van der Waals surface area contributed by atoms with Crippen molar-refractivity contribution in [2.24, 2.45) is 0 Å². The van der Waals surface area contributed by atoms with E-state index in [2.05, 4.69) is 16.7 Å². The summed E-state index contributed by atoms with van der Waals surface area (Å²) in [6, 6.07) is 16.3. The summed E-state index contributed by atoms with van der Waals surface area (Å²) in [6.45, 7) is 4.91. The predicted octanol–water partition coefficient (Wildman–Crippen LogP) is 3.43. The number of nitrogens with zero attached hydrogens (tertiary/aromatic N) is 2. The van der Waals surface area contributed by atoms with Crippen LogP contribution in [0.5, 0.6) is 0 Å². The van der Waals surface area contributed by atoms with Gasteiger partial charge in [0.2, 0.25) is 5.91 Å². The van der Waals surface area contributed by atoms with Gasteiger partial charge >= 0.3 is 6.03 Å². The van der Waals surface area contributed by atoms with E-state index in [1.165, 1.54) is 0 Å². The molecule has 0 atom stereocenters. The minimum atomic E-state index is -0.413. The number of carbonyl (C=O) groups excluding carboxylic acids is 2. The highest BCUT2D eigenvalue weighted by atomic mass is 16.2. The summed E-state index contributed by atoms with van der Waals surface area (Å²) in [5, 5.41) is 14.2. The molecule has 0 aromatic heterocycles. The van der Waals surface area contributed by atoms with E-state index in [9.17, 15) is 9.59 Å². The lowest BCUT2D eigenvalue weighted by molar-refractivity contribution is -0.130. The van der Waals surface area contributed by atoms with Gasteiger partial charge in [0.15, 0.2) is 0 Å². The summed E-state index contributed by atoms with van der Waals surface area (Å²) in [6.07, 6.45) is 0.817. The van der Waals surface area contributed by atoms with E-state index in [0.717, 1.165) is 17.5 Å². The zero-order valence-corrected chi connectivity index (χ0v) is 15.7. The molecule has 0 radical (unpaired) electrons. The standard InChI is InChI=1S/C21H24N4O2/c1-3-11-25(15-18-9-7-17(13-22)8-10-18)20(26)14-23-21(27)24-19-6-4-5-16(2)12-19/h4-10,12H,3,11,14-15H2,1-2H3,(H2,23,24,27). The van der Waals surface area contributed by atoms with Gasteiger partial charge in [-0.2, -0.15) is 5.26 Å². The molecule has 2 aromatic rings. The highest BCUT2D eigenvalue weighted by Crippen LogP contribution is 2.10. The predicted molar refractivity (Wildman–Crippen MR) is 105 cm³/mol. The highest BCUT2D eigenvalue weighted by molar-refractivity contribution is 5.92. The first-order valence-electron chi connectivity index (χ1n) is 8.90. The second-order valence-electron chi connectivity index (χ2n) is 6.30. The summed E-state index contributed by atoms with van der Waals surface area (Å²) >= 11 is 0. The monoisotopic (exact) mass is 364 g/mol. The molecule has 2 aromatic carbocycles. The zero-order chi connectivity index (χ0) is 19.6. The molecule has 0 spiro atoms. The Morgan fingerprint density at radius 1 is 1.15 bits per heavy atom. The van der Waals surface area contributed by atoms with Crippen LogP contribution in [0.25, 0.3) is 0 Å². The lowest BCUT2D eigenvalue weighted by atomic mass is 10.1. The molecule has 0 saturated heterocycles. The summed E-state index contributed by atoms with van der Waals surface area (Å²) < 4.78 is 0. The minimum absolute atomic E-state index is 0.0755. The van der Waals surface area contributed by atoms with E-state index in [1.54, 1.807) is 23.1 Å². The number of urea groups is 1. The van der Waals surface area contributed by atoms with Crippen LogP contribution >= 0.6 is 0 Å². The minimum Gasteiger partial charge on any atom is -0.337 e. The lowest BCUT2D eigenvalue weighted by Crippen LogP contribution is -2.41. The average molecular weight is 364 g/mol. The Balaban J connectivity index is 1.89. The second-order valence-corrected chi connectivity index (χ2v) is 6.30. The van der Waals surface area contributed by atoms with Crippen LogP contribution in [0.1, 0.15) is 30.0 Å². The van der Waals surface area contributed by atoms with E-state index in [4.69, 9.17) is 5.26 Å². The molecule has 0 fully saturated rings. The van der Waals surface area contributed by atoms with Crippen molar-refractivity contribution in [3.63, 3.8) is 0 Å². The molecule has 0 aliphatic heterocycles. The van der Waals surface area contributed by atoms with E-state index >= 15 is 0 Å². The summed E-state index contributed by atoms with van der Waals surface area (Å²) in [5.41, 5.74) is 3.25. The third-order valence-electron chi connectivity index (χ3n) is 3.98. The maximum atomic E-state index is 12.5. The van der Waals surface area contributed by atoms with Gasteiger partial charge in [-0.15, -0.1) is 0 Å². The Labute approximate surface area is 159 Å². The Morgan fingerprint density at radius 2 is 1.89 bits per heavy atom. The molecule has 2 rings (SSSR count). The summed E-state index contributed by atoms with van der Waals surface area (Å²) in [5.74, 6) is -0.152. The van der Waals surface area contributed by atoms with Gasteiger partial charge in [-0.05, 0) is 48.7 Å². The largest absolute Gasteiger partial charge is 0.337 e. The molecule has 2 N–H and O–H groups in total. The number of anilines is 1. The Kier molecular flexibility index (Phi) is 7.38. The third-order valence-corrected chi connectivity index (χ3v) is 3.98. The molecule has 0 unspecified atom stereocenters. The smallest absolute Gasteiger partial charge is 0.319 e. The van der Waals surface area contributed by atoms with Gasteiger partial charge < -0.3 is 15.5 Å². The average Bonchev–Trinajstić information content (AvgIpc) is 2.66. The topological polar surface area (TPSA) is 85.2 Å². The Hall–Kier alpha value is -3.33. The first-order valence-corrected chi connectivity index (χ1v) is 8.90. The molecule has 0 saturated carbocycles. The van der Waals surface area contributed by atoms with Gasteiger partial charge in [0.05, 0.1) is 18.2 Å². The lowest BCUT2D eigenvalue weighted by Gasteiger charge is -2.22. The quantitative estimate of drug-likeness (QED) is 0.789. The van der Waals surface area contributed by atoms with Gasteiger partial charge in [-0.25, -0.2) is 4.79 Å². The van der Waals surface area contributed by atoms with Crippen molar-refractivity contribution >= 4 is 17.6 Å². The first kappa shape index (κ1) is 20.0. The van der Waals surface area contributed by atoms with Crippen LogP contribution < -0.4 is 10.6 Å². The van der Waals surface area contributed by atoms with Crippen LogP contribution in [0.4, 0.5) is 10.5 Å². The van der Waals surface area contributed by atoms with Gasteiger partial charge in [-0.1, -0.05) is 31.2 Å². The maximum absolute atomic E-state index is 12.5. The van der Waals surface area contributed by atoms with Crippen molar-refractivity contribution < 1.29 is 9.59 Å². The number of carbonyl (C=O) groups is 2. The molecule has 140 valence electrons. The molecule has 0 bridgehead atoms. The van der Waals surface area contributed by atoms with Crippen molar-refractivity contribution in [3.8, 4) is 6.07 Å². The highest BCUT2D eigenvalue weighted by Gasteiger charge is 2.14. The molecule has 6 nitrogen and oxygen atoms in total. The number of amides is 3. The molecule has 27 heavy (non-hydrogen) atoms. The van der Waals surface area contributed by atoms with E-state index < -0.39 is 6.03 Å². The maximum Gasteiger partial charge on any atom is 0.319 e. The van der Waals surface area contributed by atoms with Crippen LogP contribution in [0.2, 0.25) is 0 Å². The van der Waals surface area contributed by atoms with E-state index in [0.29, 0.717) is 24.3 Å².